The maximum Gasteiger partial charge on any atom is 0.105 e. The number of aliphatic hydroxyl groups is 1. The van der Waals surface area contributed by atoms with E-state index in [1.807, 2.05) is 0 Å². The molecule has 0 amide bonds. The van der Waals surface area contributed by atoms with Gasteiger partial charge in [0.2, 0.25) is 0 Å². The maximum atomic E-state index is 9.35. The molecule has 0 aromatic carbocycles. The van der Waals surface area contributed by atoms with E-state index in [0.29, 0.717) is 6.61 Å². The van der Waals surface area contributed by atoms with Crippen LogP contribution in [0.1, 0.15) is 0 Å². The van der Waals surface area contributed by atoms with Gasteiger partial charge in [0, 0.05) is 0 Å². The molecule has 1 N–H and O–H groups in total. The van der Waals surface area contributed by atoms with Crippen LogP contribution in [0.2, 0.25) is 0 Å². The van der Waals surface area contributed by atoms with Crippen LogP contribution < -0.4 is 0 Å². The molecule has 11 heavy (non-hydrogen) atoms. The first kappa shape index (κ1) is 8.24. The monoisotopic (exact) mass is 152 g/mol. The van der Waals surface area contributed by atoms with Crippen LogP contribution in [0.15, 0.2) is 37.0 Å². The summed E-state index contributed by atoms with van der Waals surface area (Å²) in [6, 6.07) is 0. The number of rotatable bonds is 2. The fraction of sp³-hybridized carbons (Fsp3) is 0.333. The van der Waals surface area contributed by atoms with E-state index in [-0.39, 0.29) is 6.10 Å². The molecule has 0 radical (unpaired) electrons. The Bertz CT molecular complexity index is 194. The van der Waals surface area contributed by atoms with Gasteiger partial charge in [0.15, 0.2) is 0 Å². The van der Waals surface area contributed by atoms with E-state index in [1.165, 1.54) is 0 Å². The summed E-state index contributed by atoms with van der Waals surface area (Å²) in [5, 5.41) is 9.35. The Morgan fingerprint density at radius 2 is 2.36 bits per heavy atom. The van der Waals surface area contributed by atoms with Crippen molar-refractivity contribution in [2.24, 2.45) is 0 Å². The lowest BCUT2D eigenvalue weighted by molar-refractivity contribution is 0.0108. The highest BCUT2D eigenvalue weighted by molar-refractivity contribution is 5.22. The van der Waals surface area contributed by atoms with Crippen LogP contribution in [0, 0.1) is 0 Å². The minimum Gasteiger partial charge on any atom is -0.386 e. The molecule has 0 fully saturated rings. The molecule has 1 rings (SSSR count). The summed E-state index contributed by atoms with van der Waals surface area (Å²) in [4.78, 5) is 0. The van der Waals surface area contributed by atoms with Crippen LogP contribution >= 0.6 is 0 Å². The molecule has 1 aliphatic rings. The normalized spacial score (nSPS) is 30.8. The van der Waals surface area contributed by atoms with Gasteiger partial charge in [0.05, 0.1) is 6.61 Å². The summed E-state index contributed by atoms with van der Waals surface area (Å²) in [5.74, 6) is 0. The van der Waals surface area contributed by atoms with E-state index in [9.17, 15) is 5.11 Å². The summed E-state index contributed by atoms with van der Waals surface area (Å²) >= 11 is 0. The SMILES string of the molecule is C=CC1=C[C@@H](O)[C@@H](C=C)OC1. The molecule has 1 aliphatic heterocycles. The number of hydrogen-bond acceptors (Lipinski definition) is 2. The lowest BCUT2D eigenvalue weighted by atomic mass is 10.1. The van der Waals surface area contributed by atoms with Crippen molar-refractivity contribution in [2.45, 2.75) is 12.2 Å². The Morgan fingerprint density at radius 3 is 2.82 bits per heavy atom. The van der Waals surface area contributed by atoms with Gasteiger partial charge in [-0.15, -0.1) is 6.58 Å². The fourth-order valence-electron chi connectivity index (χ4n) is 0.988. The highest BCUT2D eigenvalue weighted by Gasteiger charge is 2.18. The van der Waals surface area contributed by atoms with Crippen molar-refractivity contribution >= 4 is 0 Å². The van der Waals surface area contributed by atoms with Gasteiger partial charge >= 0.3 is 0 Å². The predicted molar refractivity (Wildman–Crippen MR) is 44.2 cm³/mol. The van der Waals surface area contributed by atoms with Crippen LogP contribution in [0.5, 0.6) is 0 Å². The van der Waals surface area contributed by atoms with E-state index in [4.69, 9.17) is 4.74 Å². The number of aliphatic hydroxyl groups excluding tert-OH is 1. The van der Waals surface area contributed by atoms with Gasteiger partial charge in [-0.25, -0.2) is 0 Å². The first-order chi connectivity index (χ1) is 5.27. The predicted octanol–water partition coefficient (Wildman–Crippen LogP) is 1.04. The fourth-order valence-corrected chi connectivity index (χ4v) is 0.988. The molecule has 2 heteroatoms. The van der Waals surface area contributed by atoms with Gasteiger partial charge in [-0.1, -0.05) is 18.7 Å². The minimum absolute atomic E-state index is 0.265. The van der Waals surface area contributed by atoms with Crippen molar-refractivity contribution in [3.8, 4) is 0 Å². The molecule has 0 saturated heterocycles. The van der Waals surface area contributed by atoms with Crippen LogP contribution in [-0.2, 0) is 4.74 Å². The highest BCUT2D eigenvalue weighted by Crippen LogP contribution is 2.13. The molecule has 0 aromatic heterocycles. The van der Waals surface area contributed by atoms with Crippen molar-refractivity contribution in [3.05, 3.63) is 37.0 Å². The molecular formula is C9H12O2. The summed E-state index contributed by atoms with van der Waals surface area (Å²) in [5.41, 5.74) is 0.926. The quantitative estimate of drug-likeness (QED) is 0.599. The standard InChI is InChI=1S/C9H12O2/c1-3-7-5-8(10)9(4-2)11-6-7/h3-5,8-10H,1-2,6H2/t8-,9-/m1/s1. The van der Waals surface area contributed by atoms with Crippen molar-refractivity contribution < 1.29 is 9.84 Å². The van der Waals surface area contributed by atoms with E-state index in [2.05, 4.69) is 13.2 Å². The molecule has 0 bridgehead atoms. The lowest BCUT2D eigenvalue weighted by Crippen LogP contribution is -2.30. The van der Waals surface area contributed by atoms with Crippen molar-refractivity contribution in [1.29, 1.82) is 0 Å². The van der Waals surface area contributed by atoms with Crippen molar-refractivity contribution in [1.82, 2.24) is 0 Å². The third-order valence-corrected chi connectivity index (χ3v) is 1.66. The largest absolute Gasteiger partial charge is 0.386 e. The highest BCUT2D eigenvalue weighted by atomic mass is 16.5. The Labute approximate surface area is 66.5 Å². The zero-order valence-corrected chi connectivity index (χ0v) is 6.36. The average Bonchev–Trinajstić information content (AvgIpc) is 2.04. The zero-order chi connectivity index (χ0) is 8.27. The molecular weight excluding hydrogens is 140 g/mol. The third-order valence-electron chi connectivity index (χ3n) is 1.66. The summed E-state index contributed by atoms with van der Waals surface area (Å²) < 4.78 is 5.24. The Morgan fingerprint density at radius 1 is 1.64 bits per heavy atom. The molecule has 2 atom stereocenters. The van der Waals surface area contributed by atoms with E-state index < -0.39 is 6.10 Å². The number of hydrogen-bond donors (Lipinski definition) is 1. The first-order valence-corrected chi connectivity index (χ1v) is 3.53. The molecule has 0 saturated carbocycles. The second-order valence-electron chi connectivity index (χ2n) is 2.45. The van der Waals surface area contributed by atoms with Crippen molar-refractivity contribution in [2.75, 3.05) is 6.61 Å². The Balaban J connectivity index is 2.68. The third kappa shape index (κ3) is 1.79. The van der Waals surface area contributed by atoms with Crippen LogP contribution in [0.3, 0.4) is 0 Å². The van der Waals surface area contributed by atoms with Crippen LogP contribution in [0.4, 0.5) is 0 Å². The topological polar surface area (TPSA) is 29.5 Å². The summed E-state index contributed by atoms with van der Waals surface area (Å²) in [6.45, 7) is 7.64. The van der Waals surface area contributed by atoms with E-state index in [0.717, 1.165) is 5.57 Å². The zero-order valence-electron chi connectivity index (χ0n) is 6.36. The van der Waals surface area contributed by atoms with Gasteiger partial charge in [0.1, 0.15) is 12.2 Å². The minimum atomic E-state index is -0.575. The van der Waals surface area contributed by atoms with Gasteiger partial charge in [-0.3, -0.25) is 0 Å². The molecule has 1 heterocycles. The van der Waals surface area contributed by atoms with E-state index >= 15 is 0 Å². The first-order valence-electron chi connectivity index (χ1n) is 3.53. The average molecular weight is 152 g/mol. The van der Waals surface area contributed by atoms with Crippen LogP contribution in [-0.4, -0.2) is 23.9 Å². The van der Waals surface area contributed by atoms with Crippen molar-refractivity contribution in [3.63, 3.8) is 0 Å². The second kappa shape index (κ2) is 3.51. The smallest absolute Gasteiger partial charge is 0.105 e. The lowest BCUT2D eigenvalue weighted by Gasteiger charge is -2.23. The molecule has 0 spiro atoms. The summed E-state index contributed by atoms with van der Waals surface area (Å²) in [7, 11) is 0. The second-order valence-corrected chi connectivity index (χ2v) is 2.45. The van der Waals surface area contributed by atoms with Gasteiger partial charge in [-0.05, 0) is 11.6 Å². The molecule has 60 valence electrons. The Hall–Kier alpha value is -0.860. The molecule has 0 aliphatic carbocycles. The molecule has 2 nitrogen and oxygen atoms in total. The van der Waals surface area contributed by atoms with Crippen LogP contribution in [0.25, 0.3) is 0 Å². The van der Waals surface area contributed by atoms with Gasteiger partial charge in [-0.2, -0.15) is 0 Å². The molecule has 0 unspecified atom stereocenters. The number of ether oxygens (including phenoxy) is 1. The Kier molecular flexibility index (Phi) is 2.63. The van der Waals surface area contributed by atoms with E-state index in [1.54, 1.807) is 18.2 Å². The maximum absolute atomic E-state index is 9.35. The van der Waals surface area contributed by atoms with Gasteiger partial charge < -0.3 is 9.84 Å². The molecule has 0 aromatic rings. The summed E-state index contributed by atoms with van der Waals surface area (Å²) in [6.07, 6.45) is 4.18. The van der Waals surface area contributed by atoms with Gasteiger partial charge in [0.25, 0.3) is 0 Å².